The van der Waals surface area contributed by atoms with E-state index in [9.17, 15) is 9.90 Å². The van der Waals surface area contributed by atoms with Gasteiger partial charge in [-0.05, 0) is 56.2 Å². The molecule has 1 aromatic carbocycles. The number of benzene rings is 1. The second-order valence-corrected chi connectivity index (χ2v) is 7.36. The third-order valence-corrected chi connectivity index (χ3v) is 5.37. The third kappa shape index (κ3) is 3.65. The molecule has 1 amide bonds. The zero-order valence-electron chi connectivity index (χ0n) is 16.1. The van der Waals surface area contributed by atoms with Crippen molar-refractivity contribution in [2.75, 3.05) is 5.73 Å². The van der Waals surface area contributed by atoms with Gasteiger partial charge in [0.2, 0.25) is 5.91 Å². The van der Waals surface area contributed by atoms with Gasteiger partial charge in [0, 0.05) is 11.1 Å². The molecule has 148 valence electrons. The number of anilines is 1. The van der Waals surface area contributed by atoms with E-state index in [2.05, 4.69) is 26.9 Å². The van der Waals surface area contributed by atoms with Gasteiger partial charge < -0.3 is 16.6 Å². The van der Waals surface area contributed by atoms with Gasteiger partial charge in [0.05, 0.1) is 17.5 Å². The number of hydrogen-bond acceptors (Lipinski definition) is 6. The summed E-state index contributed by atoms with van der Waals surface area (Å²) >= 11 is 0. The fourth-order valence-corrected chi connectivity index (χ4v) is 3.68. The van der Waals surface area contributed by atoms with Crippen LogP contribution in [0, 0.1) is 18.8 Å². The van der Waals surface area contributed by atoms with E-state index < -0.39 is 5.91 Å². The number of aliphatic hydroxyl groups is 1. The molecule has 4 rings (SSSR count). The number of nitrogens with zero attached hydrogens (tertiary/aromatic N) is 4. The van der Waals surface area contributed by atoms with Crippen molar-refractivity contribution in [3.8, 4) is 11.8 Å². The molecule has 8 heteroatoms. The lowest BCUT2D eigenvalue weighted by molar-refractivity contribution is 0.1000. The first-order valence-electron chi connectivity index (χ1n) is 9.53. The van der Waals surface area contributed by atoms with Gasteiger partial charge in [-0.15, -0.1) is 0 Å². The maximum Gasteiger partial charge on any atom is 0.248 e. The smallest absolute Gasteiger partial charge is 0.248 e. The Morgan fingerprint density at radius 1 is 1.21 bits per heavy atom. The van der Waals surface area contributed by atoms with Crippen LogP contribution in [0.4, 0.5) is 5.82 Å². The Balaban J connectivity index is 1.79. The molecule has 2 heterocycles. The number of carbonyl (C=O) groups excluding carboxylic acids is 1. The lowest BCUT2D eigenvalue weighted by Crippen LogP contribution is -2.22. The fourth-order valence-electron chi connectivity index (χ4n) is 3.68. The van der Waals surface area contributed by atoms with Crippen LogP contribution < -0.4 is 11.5 Å². The summed E-state index contributed by atoms with van der Waals surface area (Å²) in [5.41, 5.74) is 14.6. The van der Waals surface area contributed by atoms with Crippen LogP contribution in [0.1, 0.15) is 58.9 Å². The first-order valence-corrected chi connectivity index (χ1v) is 9.53. The molecular formula is C21H22N6O2. The molecule has 0 saturated heterocycles. The van der Waals surface area contributed by atoms with Gasteiger partial charge >= 0.3 is 0 Å². The van der Waals surface area contributed by atoms with Gasteiger partial charge in [0.15, 0.2) is 5.65 Å². The van der Waals surface area contributed by atoms with Gasteiger partial charge in [-0.25, -0.2) is 14.6 Å². The highest BCUT2D eigenvalue weighted by atomic mass is 16.3. The molecule has 1 saturated carbocycles. The van der Waals surface area contributed by atoms with E-state index in [-0.39, 0.29) is 12.1 Å². The Labute approximate surface area is 167 Å². The fraction of sp³-hybridized carbons (Fsp3) is 0.333. The first kappa shape index (κ1) is 18.9. The molecule has 0 unspecified atom stereocenters. The number of aryl methyl sites for hydroxylation is 1. The van der Waals surface area contributed by atoms with Crippen LogP contribution in [-0.4, -0.2) is 36.9 Å². The molecule has 0 atom stereocenters. The third-order valence-electron chi connectivity index (χ3n) is 5.37. The van der Waals surface area contributed by atoms with Crippen molar-refractivity contribution in [2.24, 2.45) is 5.73 Å². The maximum absolute atomic E-state index is 11.5. The molecule has 3 aromatic rings. The summed E-state index contributed by atoms with van der Waals surface area (Å²) in [5, 5.41) is 15.1. The average Bonchev–Trinajstić information content (AvgIpc) is 3.08. The van der Waals surface area contributed by atoms with Gasteiger partial charge in [-0.3, -0.25) is 4.79 Å². The standard InChI is InChI=1S/C21H22N6O2/c1-12-2-3-14(20(23)29)10-13(12)4-9-17-18-19(22)24-11-25-21(18)27(26-17)15-5-7-16(28)8-6-15/h2-3,10-11,15-16,28H,5-8H2,1H3,(H2,23,29)(H2,22,24,25). The van der Waals surface area contributed by atoms with Crippen molar-refractivity contribution in [3.05, 3.63) is 46.9 Å². The lowest BCUT2D eigenvalue weighted by Gasteiger charge is -2.25. The molecule has 5 N–H and O–H groups in total. The number of aliphatic hydroxyl groups excluding tert-OH is 1. The van der Waals surface area contributed by atoms with E-state index in [1.165, 1.54) is 6.33 Å². The van der Waals surface area contributed by atoms with Crippen molar-refractivity contribution in [3.63, 3.8) is 0 Å². The van der Waals surface area contributed by atoms with Gasteiger partial charge in [0.25, 0.3) is 0 Å². The van der Waals surface area contributed by atoms with Crippen molar-refractivity contribution < 1.29 is 9.90 Å². The number of hydrogen-bond donors (Lipinski definition) is 3. The Morgan fingerprint density at radius 3 is 2.69 bits per heavy atom. The molecule has 2 aromatic heterocycles. The number of fused-ring (bicyclic) bond motifs is 1. The van der Waals surface area contributed by atoms with Crippen molar-refractivity contribution in [1.29, 1.82) is 0 Å². The van der Waals surface area contributed by atoms with Crippen LogP contribution in [-0.2, 0) is 0 Å². The van der Waals surface area contributed by atoms with E-state index in [4.69, 9.17) is 11.5 Å². The number of rotatable bonds is 2. The number of aromatic nitrogens is 4. The monoisotopic (exact) mass is 390 g/mol. The minimum atomic E-state index is -0.500. The van der Waals surface area contributed by atoms with E-state index in [0.717, 1.165) is 31.2 Å². The molecule has 1 fully saturated rings. The topological polar surface area (TPSA) is 133 Å². The van der Waals surface area contributed by atoms with E-state index in [1.807, 2.05) is 17.7 Å². The Kier molecular flexibility index (Phi) is 4.91. The van der Waals surface area contributed by atoms with E-state index >= 15 is 0 Å². The van der Waals surface area contributed by atoms with Crippen LogP contribution in [0.3, 0.4) is 0 Å². The zero-order valence-corrected chi connectivity index (χ0v) is 16.1. The van der Waals surface area contributed by atoms with Crippen molar-refractivity contribution in [2.45, 2.75) is 44.8 Å². The molecule has 1 aliphatic carbocycles. The largest absolute Gasteiger partial charge is 0.393 e. The summed E-state index contributed by atoms with van der Waals surface area (Å²) < 4.78 is 1.86. The average molecular weight is 390 g/mol. The molecule has 0 aliphatic heterocycles. The van der Waals surface area contributed by atoms with Crippen LogP contribution >= 0.6 is 0 Å². The van der Waals surface area contributed by atoms with Crippen LogP contribution in [0.25, 0.3) is 11.0 Å². The molecule has 1 aliphatic rings. The highest BCUT2D eigenvalue weighted by Gasteiger charge is 2.25. The van der Waals surface area contributed by atoms with Crippen LogP contribution in [0.15, 0.2) is 24.5 Å². The van der Waals surface area contributed by atoms with Gasteiger partial charge in [-0.1, -0.05) is 12.0 Å². The summed E-state index contributed by atoms with van der Waals surface area (Å²) in [5.74, 6) is 5.98. The number of amides is 1. The van der Waals surface area contributed by atoms with E-state index in [1.54, 1.807) is 12.1 Å². The minimum Gasteiger partial charge on any atom is -0.393 e. The summed E-state index contributed by atoms with van der Waals surface area (Å²) in [6, 6.07) is 5.29. The summed E-state index contributed by atoms with van der Waals surface area (Å²) in [6.45, 7) is 1.91. The Bertz CT molecular complexity index is 1150. The molecular weight excluding hydrogens is 368 g/mol. The second kappa shape index (κ2) is 7.53. The van der Waals surface area contributed by atoms with E-state index in [0.29, 0.717) is 33.7 Å². The first-order chi connectivity index (χ1) is 13.9. The highest BCUT2D eigenvalue weighted by Crippen LogP contribution is 2.32. The molecule has 29 heavy (non-hydrogen) atoms. The Morgan fingerprint density at radius 2 is 1.97 bits per heavy atom. The SMILES string of the molecule is Cc1ccc(C(N)=O)cc1C#Cc1nn(C2CCC(O)CC2)c2ncnc(N)c12. The summed E-state index contributed by atoms with van der Waals surface area (Å²) in [4.78, 5) is 19.9. The normalized spacial score (nSPS) is 19.0. The number of carbonyl (C=O) groups is 1. The summed E-state index contributed by atoms with van der Waals surface area (Å²) in [7, 11) is 0. The predicted octanol–water partition coefficient (Wildman–Crippen LogP) is 1.69. The lowest BCUT2D eigenvalue weighted by atomic mass is 9.93. The van der Waals surface area contributed by atoms with Crippen LogP contribution in [0.2, 0.25) is 0 Å². The summed E-state index contributed by atoms with van der Waals surface area (Å²) in [6.07, 6.45) is 4.25. The number of nitrogens with two attached hydrogens (primary N) is 2. The number of nitrogen functional groups attached to an aromatic ring is 1. The zero-order chi connectivity index (χ0) is 20.5. The molecule has 0 radical (unpaired) electrons. The van der Waals surface area contributed by atoms with Crippen molar-refractivity contribution >= 4 is 22.8 Å². The molecule has 0 bridgehead atoms. The maximum atomic E-state index is 11.5. The van der Waals surface area contributed by atoms with Gasteiger partial charge in [-0.2, -0.15) is 5.10 Å². The predicted molar refractivity (Wildman–Crippen MR) is 109 cm³/mol. The molecule has 8 nitrogen and oxygen atoms in total. The van der Waals surface area contributed by atoms with Gasteiger partial charge in [0.1, 0.15) is 17.8 Å². The van der Waals surface area contributed by atoms with Crippen LogP contribution in [0.5, 0.6) is 0 Å². The number of primary amides is 1. The second-order valence-electron chi connectivity index (χ2n) is 7.36. The molecule has 0 spiro atoms. The quantitative estimate of drug-likeness (QED) is 0.570. The Hall–Kier alpha value is -3.44. The highest BCUT2D eigenvalue weighted by molar-refractivity contribution is 5.93. The minimum absolute atomic E-state index is 0.130. The van der Waals surface area contributed by atoms with Crippen molar-refractivity contribution in [1.82, 2.24) is 19.7 Å².